The molecule has 2 saturated carbocycles. The van der Waals surface area contributed by atoms with Gasteiger partial charge in [-0.25, -0.2) is 0 Å². The molecule has 2 aromatic carbocycles. The molecule has 0 aromatic heterocycles. The van der Waals surface area contributed by atoms with Gasteiger partial charge in [0.2, 0.25) is 0 Å². The Morgan fingerprint density at radius 3 is 1.75 bits per heavy atom. The number of hydrogen-bond donors (Lipinski definition) is 2. The Morgan fingerprint density at radius 1 is 0.646 bits per heavy atom. The topological polar surface area (TPSA) is 53.4 Å². The van der Waals surface area contributed by atoms with Crippen LogP contribution in [-0.2, 0) is 12.0 Å². The molecule has 6 rings (SSSR count). The number of aliphatic hydroxyl groups is 2. The van der Waals surface area contributed by atoms with Gasteiger partial charge in [0, 0.05) is 98.8 Å². The minimum Gasteiger partial charge on any atom is -0.389 e. The van der Waals surface area contributed by atoms with Crippen molar-refractivity contribution in [1.29, 1.82) is 0 Å². The molecule has 2 saturated heterocycles. The summed E-state index contributed by atoms with van der Waals surface area (Å²) in [6.07, 6.45) is 11.6. The first-order chi connectivity index (χ1) is 23.0. The Labute approximate surface area is 305 Å². The number of halogens is 3. The first kappa shape index (κ1) is 38.3. The largest absolute Gasteiger partial charge is 0.389 e. The fourth-order valence-corrected chi connectivity index (χ4v) is 9.18. The van der Waals surface area contributed by atoms with Gasteiger partial charge in [0.15, 0.2) is 0 Å². The highest BCUT2D eigenvalue weighted by atomic mass is 35.5. The first-order valence-electron chi connectivity index (χ1n) is 18.5. The minimum atomic E-state index is -0.825. The van der Waals surface area contributed by atoms with Crippen molar-refractivity contribution in [1.82, 2.24) is 19.6 Å². The number of piperazine rings is 2. The number of hydrogen-bond acceptors (Lipinski definition) is 6. The van der Waals surface area contributed by atoms with Crippen molar-refractivity contribution >= 4 is 34.8 Å². The summed E-state index contributed by atoms with van der Waals surface area (Å²) in [5, 5.41) is 25.2. The molecule has 0 spiro atoms. The summed E-state index contributed by atoms with van der Waals surface area (Å²) in [6.45, 7) is 10.9. The molecule has 4 fully saturated rings. The fourth-order valence-electron chi connectivity index (χ4n) is 8.45. The quantitative estimate of drug-likeness (QED) is 0.290. The maximum Gasteiger partial charge on any atom is 0.0937 e. The van der Waals surface area contributed by atoms with Crippen molar-refractivity contribution in [2.45, 2.75) is 81.8 Å². The Morgan fingerprint density at radius 2 is 1.17 bits per heavy atom. The monoisotopic (exact) mass is 720 g/mol. The van der Waals surface area contributed by atoms with Gasteiger partial charge in [-0.15, -0.1) is 0 Å². The molecular weight excluding hydrogens is 663 g/mol. The van der Waals surface area contributed by atoms with E-state index < -0.39 is 11.2 Å². The average Bonchev–Trinajstić information content (AvgIpc) is 3.36. The molecule has 4 aliphatic rings. The normalized spacial score (nSPS) is 30.2. The van der Waals surface area contributed by atoms with Crippen molar-refractivity contribution in [2.24, 2.45) is 11.8 Å². The summed E-state index contributed by atoms with van der Waals surface area (Å²) in [7, 11) is 4.37. The van der Waals surface area contributed by atoms with Crippen LogP contribution >= 0.6 is 34.8 Å². The molecule has 4 unspecified atom stereocenters. The van der Waals surface area contributed by atoms with Crippen LogP contribution in [0.3, 0.4) is 0 Å². The van der Waals surface area contributed by atoms with E-state index in [0.29, 0.717) is 22.4 Å². The Kier molecular flexibility index (Phi) is 14.4. The van der Waals surface area contributed by atoms with Crippen LogP contribution in [0.1, 0.15) is 75.3 Å². The van der Waals surface area contributed by atoms with Crippen LogP contribution in [0.15, 0.2) is 42.5 Å². The summed E-state index contributed by atoms with van der Waals surface area (Å²) in [5.74, 6) is 0.581. The Hall–Kier alpha value is -0.930. The lowest BCUT2D eigenvalue weighted by Gasteiger charge is -2.41. The number of nitrogens with zero attached hydrogens (tertiary/aromatic N) is 4. The zero-order valence-electron chi connectivity index (χ0n) is 29.4. The third-order valence-electron chi connectivity index (χ3n) is 11.7. The summed E-state index contributed by atoms with van der Waals surface area (Å²) >= 11 is 18.8. The molecule has 2 aliphatic carbocycles. The van der Waals surface area contributed by atoms with Crippen molar-refractivity contribution in [2.75, 3.05) is 79.5 Å². The fraction of sp³-hybridized carbons (Fsp3) is 0.692. The lowest BCUT2D eigenvalue weighted by Crippen LogP contribution is -2.50. The molecule has 6 nitrogen and oxygen atoms in total. The van der Waals surface area contributed by atoms with E-state index in [4.69, 9.17) is 34.8 Å². The summed E-state index contributed by atoms with van der Waals surface area (Å²) in [4.78, 5) is 9.81. The third kappa shape index (κ3) is 10.6. The van der Waals surface area contributed by atoms with Gasteiger partial charge in [0.05, 0.1) is 11.2 Å². The lowest BCUT2D eigenvalue weighted by atomic mass is 9.77. The molecule has 2 aromatic rings. The highest BCUT2D eigenvalue weighted by Gasteiger charge is 2.41. The minimum absolute atomic E-state index is 0.234. The molecule has 4 atom stereocenters. The van der Waals surface area contributed by atoms with Gasteiger partial charge in [-0.2, -0.15) is 0 Å². The molecule has 268 valence electrons. The van der Waals surface area contributed by atoms with E-state index in [0.717, 1.165) is 120 Å². The molecule has 2 heterocycles. The lowest BCUT2D eigenvalue weighted by molar-refractivity contribution is -0.0465. The van der Waals surface area contributed by atoms with E-state index >= 15 is 0 Å². The maximum absolute atomic E-state index is 11.7. The summed E-state index contributed by atoms with van der Waals surface area (Å²) in [5.41, 5.74) is 0.534. The second-order valence-corrected chi connectivity index (χ2v) is 16.5. The second-order valence-electron chi connectivity index (χ2n) is 15.3. The number of rotatable bonds is 7. The van der Waals surface area contributed by atoms with Crippen LogP contribution < -0.4 is 0 Å². The smallest absolute Gasteiger partial charge is 0.0937 e. The molecule has 48 heavy (non-hydrogen) atoms. The molecule has 0 bridgehead atoms. The van der Waals surface area contributed by atoms with Crippen LogP contribution in [0.5, 0.6) is 0 Å². The predicted molar refractivity (Wildman–Crippen MR) is 201 cm³/mol. The third-order valence-corrected chi connectivity index (χ3v) is 12.5. The SMILES string of the molecule is CN1CCN(CC2CCCCCC2(O)Cc2ccccc2Cl)CC1.CN1CCN(CC2CCCCCC2(O)c2cc(Cl)cc(Cl)c2)CC1. The van der Waals surface area contributed by atoms with Gasteiger partial charge in [-0.3, -0.25) is 0 Å². The molecule has 0 amide bonds. The first-order valence-corrected chi connectivity index (χ1v) is 19.6. The molecule has 2 N–H and O–H groups in total. The van der Waals surface area contributed by atoms with Crippen molar-refractivity contribution in [3.63, 3.8) is 0 Å². The zero-order valence-corrected chi connectivity index (χ0v) is 31.6. The molecular formula is C39H59Cl3N4O2. The van der Waals surface area contributed by atoms with E-state index in [9.17, 15) is 10.2 Å². The maximum atomic E-state index is 11.7. The second kappa shape index (κ2) is 18.0. The van der Waals surface area contributed by atoms with E-state index in [2.05, 4.69) is 39.8 Å². The summed E-state index contributed by atoms with van der Waals surface area (Å²) < 4.78 is 0. The van der Waals surface area contributed by atoms with E-state index in [1.54, 1.807) is 6.07 Å². The van der Waals surface area contributed by atoms with Gasteiger partial charge in [-0.05, 0) is 75.2 Å². The van der Waals surface area contributed by atoms with Crippen LogP contribution in [0.2, 0.25) is 15.1 Å². The van der Waals surface area contributed by atoms with Crippen LogP contribution in [0, 0.1) is 11.8 Å². The van der Waals surface area contributed by atoms with Gasteiger partial charge >= 0.3 is 0 Å². The van der Waals surface area contributed by atoms with Crippen LogP contribution in [0.4, 0.5) is 0 Å². The van der Waals surface area contributed by atoms with Crippen molar-refractivity contribution < 1.29 is 10.2 Å². The van der Waals surface area contributed by atoms with Gasteiger partial charge in [-0.1, -0.05) is 91.5 Å². The standard InChI is InChI=1S/C20H31ClN2O.C19H28Cl2N2O/c1-22-11-13-23(14-12-22)16-18-8-3-2-6-10-20(18,24)15-17-7-4-5-9-19(17)21;1-22-7-9-23(10-8-22)14-15-5-3-2-4-6-19(15,24)16-11-17(20)13-18(21)12-16/h4-5,7,9,18,24H,2-3,6,8,10-16H2,1H3;11-13,15,24H,2-10,14H2,1H3. The van der Waals surface area contributed by atoms with Crippen LogP contribution in [-0.4, -0.2) is 115 Å². The average molecular weight is 722 g/mol. The van der Waals surface area contributed by atoms with Gasteiger partial charge in [0.25, 0.3) is 0 Å². The van der Waals surface area contributed by atoms with E-state index in [-0.39, 0.29) is 5.92 Å². The van der Waals surface area contributed by atoms with Gasteiger partial charge in [0.1, 0.15) is 0 Å². The van der Waals surface area contributed by atoms with Crippen LogP contribution in [0.25, 0.3) is 0 Å². The number of likely N-dealkylation sites (N-methyl/N-ethyl adjacent to an activating group) is 2. The highest BCUT2D eigenvalue weighted by Crippen LogP contribution is 2.43. The Balaban J connectivity index is 0.000000188. The van der Waals surface area contributed by atoms with E-state index in [1.807, 2.05) is 30.3 Å². The predicted octanol–water partition coefficient (Wildman–Crippen LogP) is 7.45. The molecule has 2 aliphatic heterocycles. The van der Waals surface area contributed by atoms with Gasteiger partial charge < -0.3 is 29.8 Å². The Bertz CT molecular complexity index is 1270. The summed E-state index contributed by atoms with van der Waals surface area (Å²) in [6, 6.07) is 13.5. The zero-order chi connectivity index (χ0) is 34.1. The molecule has 9 heteroatoms. The number of benzene rings is 2. The van der Waals surface area contributed by atoms with Crippen molar-refractivity contribution in [3.8, 4) is 0 Å². The molecule has 0 radical (unpaired) electrons. The highest BCUT2D eigenvalue weighted by molar-refractivity contribution is 6.34. The van der Waals surface area contributed by atoms with E-state index in [1.165, 1.54) is 25.7 Å². The van der Waals surface area contributed by atoms with Crippen molar-refractivity contribution in [3.05, 3.63) is 68.7 Å².